The topological polar surface area (TPSA) is 75.4 Å². The van der Waals surface area contributed by atoms with E-state index in [-0.39, 0.29) is 13.1 Å². The van der Waals surface area contributed by atoms with Gasteiger partial charge in [0.05, 0.1) is 6.54 Å². The van der Waals surface area contributed by atoms with Gasteiger partial charge in [0.25, 0.3) is 10.2 Å². The number of rotatable bonds is 6. The van der Waals surface area contributed by atoms with Crippen LogP contribution in [0.25, 0.3) is 0 Å². The molecule has 7 heteroatoms. The van der Waals surface area contributed by atoms with Crippen molar-refractivity contribution in [3.63, 3.8) is 0 Å². The highest BCUT2D eigenvalue weighted by Gasteiger charge is 2.24. The molecular formula is C16H21N3O3S. The van der Waals surface area contributed by atoms with Crippen LogP contribution in [0.15, 0.2) is 34.9 Å². The Morgan fingerprint density at radius 2 is 1.96 bits per heavy atom. The third-order valence-corrected chi connectivity index (χ3v) is 5.57. The SMILES string of the molecule is CN(Cc1noc2c1CCCC2)S(=O)(=O)NCc1ccccc1. The maximum atomic E-state index is 12.4. The largest absolute Gasteiger partial charge is 0.361 e. The summed E-state index contributed by atoms with van der Waals surface area (Å²) in [7, 11) is -2.01. The van der Waals surface area contributed by atoms with Gasteiger partial charge in [-0.3, -0.25) is 0 Å². The highest BCUT2D eigenvalue weighted by molar-refractivity contribution is 7.87. The molecule has 0 aliphatic heterocycles. The summed E-state index contributed by atoms with van der Waals surface area (Å²) >= 11 is 0. The monoisotopic (exact) mass is 335 g/mol. The molecule has 0 bridgehead atoms. The van der Waals surface area contributed by atoms with Crippen molar-refractivity contribution in [3.05, 3.63) is 52.9 Å². The van der Waals surface area contributed by atoms with E-state index in [0.717, 1.165) is 48.3 Å². The zero-order valence-corrected chi connectivity index (χ0v) is 14.0. The van der Waals surface area contributed by atoms with Crippen LogP contribution >= 0.6 is 0 Å². The molecule has 0 unspecified atom stereocenters. The van der Waals surface area contributed by atoms with Crippen LogP contribution in [-0.2, 0) is 36.1 Å². The first-order valence-electron chi connectivity index (χ1n) is 7.77. The molecular weight excluding hydrogens is 314 g/mol. The zero-order chi connectivity index (χ0) is 16.3. The number of aryl methyl sites for hydroxylation is 1. The molecule has 1 aromatic carbocycles. The molecule has 0 amide bonds. The molecule has 1 aliphatic rings. The maximum Gasteiger partial charge on any atom is 0.279 e. The lowest BCUT2D eigenvalue weighted by Crippen LogP contribution is -2.37. The second kappa shape index (κ2) is 6.82. The van der Waals surface area contributed by atoms with E-state index in [4.69, 9.17) is 4.52 Å². The minimum absolute atomic E-state index is 0.225. The molecule has 0 saturated carbocycles. The number of aromatic nitrogens is 1. The fourth-order valence-corrected chi connectivity index (χ4v) is 3.61. The summed E-state index contributed by atoms with van der Waals surface area (Å²) in [5.74, 6) is 0.911. The van der Waals surface area contributed by atoms with E-state index in [2.05, 4.69) is 9.88 Å². The standard InChI is InChI=1S/C16H21N3O3S/c1-19(12-15-14-9-5-6-10-16(14)22-18-15)23(20,21)17-11-13-7-3-2-4-8-13/h2-4,7-8,17H,5-6,9-12H2,1H3. The molecule has 23 heavy (non-hydrogen) atoms. The average Bonchev–Trinajstić information content (AvgIpc) is 2.97. The zero-order valence-electron chi connectivity index (χ0n) is 13.2. The summed E-state index contributed by atoms with van der Waals surface area (Å²) in [6.45, 7) is 0.493. The van der Waals surface area contributed by atoms with Gasteiger partial charge in [0, 0.05) is 25.6 Å². The van der Waals surface area contributed by atoms with Gasteiger partial charge in [0.1, 0.15) is 11.5 Å². The van der Waals surface area contributed by atoms with E-state index in [9.17, 15) is 8.42 Å². The third-order valence-electron chi connectivity index (χ3n) is 4.12. The molecule has 1 aliphatic carbocycles. The van der Waals surface area contributed by atoms with Crippen molar-refractivity contribution in [1.82, 2.24) is 14.2 Å². The van der Waals surface area contributed by atoms with Crippen LogP contribution in [0, 0.1) is 0 Å². The summed E-state index contributed by atoms with van der Waals surface area (Å²) in [5, 5.41) is 4.06. The van der Waals surface area contributed by atoms with Crippen molar-refractivity contribution in [2.24, 2.45) is 0 Å². The van der Waals surface area contributed by atoms with Gasteiger partial charge in [-0.15, -0.1) is 0 Å². The molecule has 0 radical (unpaired) electrons. The van der Waals surface area contributed by atoms with Crippen LogP contribution < -0.4 is 4.72 Å². The van der Waals surface area contributed by atoms with Crippen molar-refractivity contribution in [3.8, 4) is 0 Å². The van der Waals surface area contributed by atoms with Crippen LogP contribution in [0.5, 0.6) is 0 Å². The summed E-state index contributed by atoms with van der Waals surface area (Å²) in [4.78, 5) is 0. The Morgan fingerprint density at radius 1 is 1.22 bits per heavy atom. The lowest BCUT2D eigenvalue weighted by Gasteiger charge is -2.17. The maximum absolute atomic E-state index is 12.4. The Kier molecular flexibility index (Phi) is 4.79. The Balaban J connectivity index is 1.65. The summed E-state index contributed by atoms with van der Waals surface area (Å²) in [6, 6.07) is 9.44. The number of benzene rings is 1. The first-order chi connectivity index (χ1) is 11.1. The van der Waals surface area contributed by atoms with Gasteiger partial charge < -0.3 is 4.52 Å². The Bertz CT molecular complexity index is 756. The summed E-state index contributed by atoms with van der Waals surface area (Å²) in [6.07, 6.45) is 4.02. The van der Waals surface area contributed by atoms with E-state index >= 15 is 0 Å². The van der Waals surface area contributed by atoms with Crippen molar-refractivity contribution in [2.75, 3.05) is 7.05 Å². The number of fused-ring (bicyclic) bond motifs is 1. The first-order valence-corrected chi connectivity index (χ1v) is 9.21. The highest BCUT2D eigenvalue weighted by atomic mass is 32.2. The molecule has 0 fully saturated rings. The second-order valence-electron chi connectivity index (χ2n) is 5.81. The first kappa shape index (κ1) is 16.2. The number of nitrogens with one attached hydrogen (secondary N) is 1. The van der Waals surface area contributed by atoms with E-state index < -0.39 is 10.2 Å². The molecule has 0 saturated heterocycles. The van der Waals surface area contributed by atoms with Gasteiger partial charge in [0.15, 0.2) is 0 Å². The summed E-state index contributed by atoms with van der Waals surface area (Å²) < 4.78 is 33.9. The second-order valence-corrected chi connectivity index (χ2v) is 7.67. The van der Waals surface area contributed by atoms with Gasteiger partial charge >= 0.3 is 0 Å². The van der Waals surface area contributed by atoms with Crippen LogP contribution in [-0.4, -0.2) is 24.9 Å². The molecule has 6 nitrogen and oxygen atoms in total. The fraction of sp³-hybridized carbons (Fsp3) is 0.438. The highest BCUT2D eigenvalue weighted by Crippen LogP contribution is 2.25. The molecule has 0 spiro atoms. The quantitative estimate of drug-likeness (QED) is 0.876. The molecule has 0 atom stereocenters. The number of nitrogens with zero attached hydrogens (tertiary/aromatic N) is 2. The van der Waals surface area contributed by atoms with E-state index in [1.165, 1.54) is 4.31 Å². The van der Waals surface area contributed by atoms with Gasteiger partial charge in [-0.25, -0.2) is 0 Å². The Morgan fingerprint density at radius 3 is 2.74 bits per heavy atom. The molecule has 3 rings (SSSR count). The van der Waals surface area contributed by atoms with Crippen LogP contribution in [0.2, 0.25) is 0 Å². The van der Waals surface area contributed by atoms with Gasteiger partial charge in [-0.05, 0) is 24.8 Å². The summed E-state index contributed by atoms with van der Waals surface area (Å²) in [5.41, 5.74) is 2.73. The normalized spacial score (nSPS) is 14.9. The van der Waals surface area contributed by atoms with E-state index in [1.807, 2.05) is 30.3 Å². The van der Waals surface area contributed by atoms with E-state index in [0.29, 0.717) is 0 Å². The van der Waals surface area contributed by atoms with Crippen LogP contribution in [0.1, 0.15) is 35.4 Å². The third kappa shape index (κ3) is 3.80. The van der Waals surface area contributed by atoms with Crippen LogP contribution in [0.3, 0.4) is 0 Å². The fourth-order valence-electron chi connectivity index (χ4n) is 2.75. The predicted octanol–water partition coefficient (Wildman–Crippen LogP) is 2.02. The average molecular weight is 335 g/mol. The van der Waals surface area contributed by atoms with Crippen molar-refractivity contribution in [1.29, 1.82) is 0 Å². The van der Waals surface area contributed by atoms with Crippen molar-refractivity contribution >= 4 is 10.2 Å². The van der Waals surface area contributed by atoms with Gasteiger partial charge in [0.2, 0.25) is 0 Å². The molecule has 1 aromatic heterocycles. The molecule has 2 aromatic rings. The smallest absolute Gasteiger partial charge is 0.279 e. The predicted molar refractivity (Wildman–Crippen MR) is 86.8 cm³/mol. The Labute approximate surface area is 136 Å². The lowest BCUT2D eigenvalue weighted by molar-refractivity contribution is 0.360. The van der Waals surface area contributed by atoms with Gasteiger partial charge in [-0.1, -0.05) is 35.5 Å². The van der Waals surface area contributed by atoms with Gasteiger partial charge in [-0.2, -0.15) is 17.4 Å². The molecule has 1 N–H and O–H groups in total. The Hall–Kier alpha value is -1.70. The van der Waals surface area contributed by atoms with E-state index in [1.54, 1.807) is 7.05 Å². The van der Waals surface area contributed by atoms with Crippen molar-refractivity contribution < 1.29 is 12.9 Å². The van der Waals surface area contributed by atoms with Crippen LogP contribution in [0.4, 0.5) is 0 Å². The number of hydrogen-bond acceptors (Lipinski definition) is 4. The lowest BCUT2D eigenvalue weighted by atomic mass is 9.96. The molecule has 1 heterocycles. The minimum Gasteiger partial charge on any atom is -0.361 e. The minimum atomic E-state index is -3.56. The molecule has 124 valence electrons. The van der Waals surface area contributed by atoms with Crippen molar-refractivity contribution in [2.45, 2.75) is 38.8 Å². The number of hydrogen-bond donors (Lipinski definition) is 1.